The van der Waals surface area contributed by atoms with Crippen molar-refractivity contribution in [3.8, 4) is 15.6 Å². The van der Waals surface area contributed by atoms with E-state index in [2.05, 4.69) is 33.1 Å². The molecule has 0 saturated carbocycles. The zero-order valence-corrected chi connectivity index (χ0v) is 14.4. The molecule has 4 aromatic rings. The van der Waals surface area contributed by atoms with Crippen LogP contribution in [0.3, 0.4) is 0 Å². The second kappa shape index (κ2) is 6.66. The maximum Gasteiger partial charge on any atom is 0.195 e. The summed E-state index contributed by atoms with van der Waals surface area (Å²) in [6, 6.07) is 14.3. The third-order valence-corrected chi connectivity index (χ3v) is 6.09. The van der Waals surface area contributed by atoms with Crippen molar-refractivity contribution in [1.82, 2.24) is 19.7 Å². The zero-order chi connectivity index (χ0) is 15.5. The molecular weight excluding hydrogens is 344 g/mol. The van der Waals surface area contributed by atoms with Crippen LogP contribution < -0.4 is 0 Å². The van der Waals surface area contributed by atoms with Crippen LogP contribution in [0.15, 0.2) is 64.7 Å². The van der Waals surface area contributed by atoms with Gasteiger partial charge in [0.15, 0.2) is 5.16 Å². The van der Waals surface area contributed by atoms with E-state index in [0.717, 1.165) is 27.3 Å². The maximum absolute atomic E-state index is 4.71. The number of nitrogens with zero attached hydrogens (tertiary/aromatic N) is 4. The number of hydrogen-bond donors (Lipinski definition) is 0. The average molecular weight is 357 g/mol. The molecule has 0 atom stereocenters. The van der Waals surface area contributed by atoms with Crippen molar-refractivity contribution in [2.75, 3.05) is 0 Å². The summed E-state index contributed by atoms with van der Waals surface area (Å²) in [5, 5.41) is 14.4. The summed E-state index contributed by atoms with van der Waals surface area (Å²) < 4.78 is 2.00. The van der Waals surface area contributed by atoms with Gasteiger partial charge in [0.05, 0.1) is 10.6 Å². The number of rotatable bonds is 5. The highest BCUT2D eigenvalue weighted by atomic mass is 32.2. The highest BCUT2D eigenvalue weighted by Crippen LogP contribution is 2.30. The van der Waals surface area contributed by atoms with Crippen LogP contribution in [-0.2, 0) is 5.75 Å². The standard InChI is InChI=1S/C16H12N4S3/c1-2-5-13(6-3-1)20-11-17-19-16(20)23-10-12-9-22-15(18-12)14-7-4-8-21-14/h1-9,11H,10H2. The highest BCUT2D eigenvalue weighted by molar-refractivity contribution is 7.98. The summed E-state index contributed by atoms with van der Waals surface area (Å²) >= 11 is 5.06. The van der Waals surface area contributed by atoms with Crippen molar-refractivity contribution in [3.63, 3.8) is 0 Å². The van der Waals surface area contributed by atoms with Crippen molar-refractivity contribution in [2.24, 2.45) is 0 Å². The molecule has 0 bridgehead atoms. The van der Waals surface area contributed by atoms with Crippen LogP contribution in [0.2, 0.25) is 0 Å². The van der Waals surface area contributed by atoms with Gasteiger partial charge in [-0.3, -0.25) is 4.57 Å². The van der Waals surface area contributed by atoms with Gasteiger partial charge in [0, 0.05) is 16.8 Å². The minimum atomic E-state index is 0.785. The van der Waals surface area contributed by atoms with Crippen molar-refractivity contribution in [1.29, 1.82) is 0 Å². The lowest BCUT2D eigenvalue weighted by Gasteiger charge is -2.04. The Labute approximate surface area is 145 Å². The fourth-order valence-corrected chi connectivity index (χ4v) is 4.67. The summed E-state index contributed by atoms with van der Waals surface area (Å²) in [4.78, 5) is 5.93. The Bertz CT molecular complexity index is 881. The summed E-state index contributed by atoms with van der Waals surface area (Å²) in [7, 11) is 0. The molecule has 0 amide bonds. The Balaban J connectivity index is 1.49. The second-order valence-electron chi connectivity index (χ2n) is 4.73. The third kappa shape index (κ3) is 3.21. The monoisotopic (exact) mass is 356 g/mol. The SMILES string of the molecule is c1ccc(-n2cnnc2SCc2csc(-c3cccs3)n2)cc1. The van der Waals surface area contributed by atoms with Gasteiger partial charge in [0.2, 0.25) is 0 Å². The van der Waals surface area contributed by atoms with E-state index in [9.17, 15) is 0 Å². The molecule has 3 heterocycles. The molecule has 0 saturated heterocycles. The summed E-state index contributed by atoms with van der Waals surface area (Å²) in [6.07, 6.45) is 1.75. The molecule has 0 aliphatic rings. The third-order valence-electron chi connectivity index (χ3n) is 3.18. The minimum absolute atomic E-state index is 0.785. The summed E-state index contributed by atoms with van der Waals surface area (Å²) in [5.41, 5.74) is 2.14. The predicted molar refractivity (Wildman–Crippen MR) is 96.3 cm³/mol. The van der Waals surface area contributed by atoms with E-state index in [-0.39, 0.29) is 0 Å². The first-order valence-electron chi connectivity index (χ1n) is 6.97. The van der Waals surface area contributed by atoms with E-state index >= 15 is 0 Å². The molecule has 0 N–H and O–H groups in total. The van der Waals surface area contributed by atoms with E-state index in [0.29, 0.717) is 0 Å². The van der Waals surface area contributed by atoms with Crippen molar-refractivity contribution >= 4 is 34.4 Å². The topological polar surface area (TPSA) is 43.6 Å². The summed E-state index contributed by atoms with van der Waals surface area (Å²) in [5.74, 6) is 0.785. The molecule has 23 heavy (non-hydrogen) atoms. The molecule has 4 nitrogen and oxygen atoms in total. The molecule has 0 aliphatic carbocycles. The van der Waals surface area contributed by atoms with Crippen LogP contribution in [0.25, 0.3) is 15.6 Å². The maximum atomic E-state index is 4.71. The first-order valence-corrected chi connectivity index (χ1v) is 9.71. The van der Waals surface area contributed by atoms with Gasteiger partial charge in [-0.05, 0) is 23.6 Å². The Morgan fingerprint density at radius 3 is 2.78 bits per heavy atom. The predicted octanol–water partition coefficient (Wildman–Crippen LogP) is 4.74. The molecule has 114 valence electrons. The molecule has 0 aliphatic heterocycles. The quantitative estimate of drug-likeness (QED) is 0.484. The fraction of sp³-hybridized carbons (Fsp3) is 0.0625. The number of hydrogen-bond acceptors (Lipinski definition) is 6. The molecular formula is C16H12N4S3. The minimum Gasteiger partial charge on any atom is -0.277 e. The van der Waals surface area contributed by atoms with Crippen LogP contribution in [0.4, 0.5) is 0 Å². The number of thiazole rings is 1. The van der Waals surface area contributed by atoms with Crippen LogP contribution >= 0.6 is 34.4 Å². The molecule has 0 fully saturated rings. The van der Waals surface area contributed by atoms with Gasteiger partial charge < -0.3 is 0 Å². The van der Waals surface area contributed by atoms with E-state index in [1.54, 1.807) is 40.8 Å². The van der Waals surface area contributed by atoms with E-state index < -0.39 is 0 Å². The van der Waals surface area contributed by atoms with Gasteiger partial charge in [0.25, 0.3) is 0 Å². The summed E-state index contributed by atoms with van der Waals surface area (Å²) in [6.45, 7) is 0. The van der Waals surface area contributed by atoms with Gasteiger partial charge in [-0.25, -0.2) is 4.98 Å². The Morgan fingerprint density at radius 1 is 1.04 bits per heavy atom. The van der Waals surface area contributed by atoms with Gasteiger partial charge in [0.1, 0.15) is 11.3 Å². The van der Waals surface area contributed by atoms with Crippen LogP contribution in [-0.4, -0.2) is 19.7 Å². The number of thiophene rings is 1. The van der Waals surface area contributed by atoms with Gasteiger partial charge >= 0.3 is 0 Å². The molecule has 0 unspecified atom stereocenters. The Morgan fingerprint density at radius 2 is 1.96 bits per heavy atom. The molecule has 0 radical (unpaired) electrons. The molecule has 1 aromatic carbocycles. The van der Waals surface area contributed by atoms with Crippen molar-refractivity contribution < 1.29 is 0 Å². The smallest absolute Gasteiger partial charge is 0.195 e. The van der Waals surface area contributed by atoms with Crippen molar-refractivity contribution in [3.05, 3.63) is 65.2 Å². The highest BCUT2D eigenvalue weighted by Gasteiger charge is 2.10. The van der Waals surface area contributed by atoms with Crippen molar-refractivity contribution in [2.45, 2.75) is 10.9 Å². The first kappa shape index (κ1) is 14.6. The van der Waals surface area contributed by atoms with Gasteiger partial charge in [-0.1, -0.05) is 36.0 Å². The largest absolute Gasteiger partial charge is 0.277 e. The molecule has 4 rings (SSSR count). The lowest BCUT2D eigenvalue weighted by molar-refractivity contribution is 0.883. The normalized spacial score (nSPS) is 11.0. The number of aromatic nitrogens is 4. The molecule has 7 heteroatoms. The van der Waals surface area contributed by atoms with Crippen LogP contribution in [0.1, 0.15) is 5.69 Å². The Hall–Kier alpha value is -1.96. The number of thioether (sulfide) groups is 1. The molecule has 0 spiro atoms. The van der Waals surface area contributed by atoms with E-state index in [4.69, 9.17) is 4.98 Å². The number of para-hydroxylation sites is 1. The van der Waals surface area contributed by atoms with Gasteiger partial charge in [-0.2, -0.15) is 0 Å². The van der Waals surface area contributed by atoms with Gasteiger partial charge in [-0.15, -0.1) is 32.9 Å². The fourth-order valence-electron chi connectivity index (χ4n) is 2.11. The van der Waals surface area contributed by atoms with Crippen LogP contribution in [0, 0.1) is 0 Å². The zero-order valence-electron chi connectivity index (χ0n) is 12.0. The lowest BCUT2D eigenvalue weighted by Crippen LogP contribution is -1.94. The Kier molecular flexibility index (Phi) is 4.23. The van der Waals surface area contributed by atoms with Crippen LogP contribution in [0.5, 0.6) is 0 Å². The average Bonchev–Trinajstić information content (AvgIpc) is 3.33. The van der Waals surface area contributed by atoms with E-state index in [1.165, 1.54) is 4.88 Å². The second-order valence-corrected chi connectivity index (χ2v) is 7.48. The first-order chi connectivity index (χ1) is 11.4. The lowest BCUT2D eigenvalue weighted by atomic mass is 10.3. The molecule has 3 aromatic heterocycles. The number of benzene rings is 1. The van der Waals surface area contributed by atoms with E-state index in [1.807, 2.05) is 34.9 Å².